The van der Waals surface area contributed by atoms with Crippen molar-refractivity contribution in [3.8, 4) is 17.2 Å². The van der Waals surface area contributed by atoms with Crippen LogP contribution in [0.4, 0.5) is 11.8 Å². The molecule has 0 unspecified atom stereocenters. The lowest BCUT2D eigenvalue weighted by Gasteiger charge is -2.09. The molecule has 1 aromatic carbocycles. The van der Waals surface area contributed by atoms with E-state index >= 15 is 0 Å². The molecule has 1 N–H and O–H groups in total. The van der Waals surface area contributed by atoms with Crippen LogP contribution in [0.1, 0.15) is 0 Å². The number of anilines is 2. The molecule has 24 heavy (non-hydrogen) atoms. The lowest BCUT2D eigenvalue weighted by atomic mass is 10.2. The lowest BCUT2D eigenvalue weighted by Crippen LogP contribution is -2.04. The van der Waals surface area contributed by atoms with Gasteiger partial charge in [-0.3, -0.25) is 4.57 Å². The zero-order valence-corrected chi connectivity index (χ0v) is 12.6. The maximum atomic E-state index is 4.54. The van der Waals surface area contributed by atoms with Crippen LogP contribution in [0.3, 0.4) is 0 Å². The Labute approximate surface area is 138 Å². The third-order valence-corrected chi connectivity index (χ3v) is 3.38. The van der Waals surface area contributed by atoms with E-state index in [1.807, 2.05) is 47.2 Å². The van der Waals surface area contributed by atoms with Crippen LogP contribution in [0.5, 0.6) is 0 Å². The van der Waals surface area contributed by atoms with Gasteiger partial charge in [0.25, 0.3) is 0 Å². The molecule has 7 heteroatoms. The van der Waals surface area contributed by atoms with Crippen LogP contribution in [0.15, 0.2) is 73.6 Å². The Morgan fingerprint density at radius 3 is 2.58 bits per heavy atom. The molecule has 7 nitrogen and oxygen atoms in total. The van der Waals surface area contributed by atoms with Gasteiger partial charge in [0.05, 0.1) is 0 Å². The van der Waals surface area contributed by atoms with Gasteiger partial charge in [-0.1, -0.05) is 30.3 Å². The van der Waals surface area contributed by atoms with Gasteiger partial charge in [0.15, 0.2) is 0 Å². The van der Waals surface area contributed by atoms with Crippen LogP contribution in [-0.4, -0.2) is 29.5 Å². The minimum atomic E-state index is 0.457. The quantitative estimate of drug-likeness (QED) is 0.623. The van der Waals surface area contributed by atoms with Gasteiger partial charge in [0, 0.05) is 30.4 Å². The van der Waals surface area contributed by atoms with E-state index in [1.54, 1.807) is 24.7 Å². The highest BCUT2D eigenvalue weighted by Gasteiger charge is 2.09. The molecule has 0 amide bonds. The Bertz CT molecular complexity index is 935. The molecule has 0 spiro atoms. The predicted octanol–water partition coefficient (Wildman–Crippen LogP) is 2.86. The third kappa shape index (κ3) is 2.82. The van der Waals surface area contributed by atoms with E-state index in [1.165, 1.54) is 6.33 Å². The summed E-state index contributed by atoms with van der Waals surface area (Å²) in [6, 6.07) is 13.6. The van der Waals surface area contributed by atoms with E-state index < -0.39 is 0 Å². The van der Waals surface area contributed by atoms with Crippen LogP contribution in [-0.2, 0) is 0 Å². The summed E-state index contributed by atoms with van der Waals surface area (Å²) in [4.78, 5) is 21.2. The second kappa shape index (κ2) is 6.25. The minimum absolute atomic E-state index is 0.457. The molecule has 4 rings (SSSR count). The molecule has 0 aliphatic rings. The zero-order valence-electron chi connectivity index (χ0n) is 12.6. The van der Waals surface area contributed by atoms with Gasteiger partial charge >= 0.3 is 0 Å². The Kier molecular flexibility index (Phi) is 3.65. The molecule has 3 aromatic heterocycles. The first kappa shape index (κ1) is 14.0. The van der Waals surface area contributed by atoms with Crippen LogP contribution in [0.2, 0.25) is 0 Å². The molecule has 0 radical (unpaired) electrons. The summed E-state index contributed by atoms with van der Waals surface area (Å²) in [5, 5.41) is 3.06. The molecule has 0 saturated carbocycles. The highest BCUT2D eigenvalue weighted by atomic mass is 15.2. The topological polar surface area (TPSA) is 81.4 Å². The Balaban J connectivity index is 1.69. The molecular weight excluding hydrogens is 302 g/mol. The molecule has 0 bridgehead atoms. The Morgan fingerprint density at radius 2 is 1.75 bits per heavy atom. The number of nitrogens with one attached hydrogen (secondary N) is 1. The summed E-state index contributed by atoms with van der Waals surface area (Å²) < 4.78 is 1.92. The van der Waals surface area contributed by atoms with Gasteiger partial charge in [-0.05, 0) is 12.1 Å². The number of hydrogen-bond donors (Lipinski definition) is 1. The van der Waals surface area contributed by atoms with E-state index in [0.717, 1.165) is 17.2 Å². The van der Waals surface area contributed by atoms with Gasteiger partial charge < -0.3 is 5.32 Å². The summed E-state index contributed by atoms with van der Waals surface area (Å²) in [5.74, 6) is 2.63. The molecule has 0 aliphatic heterocycles. The number of rotatable bonds is 4. The number of nitrogens with zero attached hydrogens (tertiary/aromatic N) is 6. The zero-order chi connectivity index (χ0) is 16.2. The summed E-state index contributed by atoms with van der Waals surface area (Å²) in [7, 11) is 0. The van der Waals surface area contributed by atoms with Gasteiger partial charge in [0.2, 0.25) is 5.95 Å². The van der Waals surface area contributed by atoms with Crippen LogP contribution in [0.25, 0.3) is 17.2 Å². The molecule has 0 aliphatic carbocycles. The Hall–Kier alpha value is -3.61. The van der Waals surface area contributed by atoms with E-state index in [4.69, 9.17) is 0 Å². The molecule has 4 aromatic rings. The van der Waals surface area contributed by atoms with Crippen molar-refractivity contribution in [3.05, 3.63) is 73.6 Å². The van der Waals surface area contributed by atoms with Crippen molar-refractivity contribution in [1.29, 1.82) is 0 Å². The number of benzene rings is 1. The SMILES string of the molecule is c1ccc(-c2nccn2-c2ccnc(Nc3ccncn3)n2)cc1. The monoisotopic (exact) mass is 315 g/mol. The van der Waals surface area contributed by atoms with Crippen molar-refractivity contribution in [2.75, 3.05) is 5.32 Å². The molecule has 3 heterocycles. The van der Waals surface area contributed by atoms with Gasteiger partial charge in [0.1, 0.15) is 23.8 Å². The fourth-order valence-corrected chi connectivity index (χ4v) is 2.31. The van der Waals surface area contributed by atoms with Gasteiger partial charge in [-0.25, -0.2) is 19.9 Å². The van der Waals surface area contributed by atoms with E-state index in [0.29, 0.717) is 11.8 Å². The summed E-state index contributed by atoms with van der Waals surface area (Å²) >= 11 is 0. The summed E-state index contributed by atoms with van der Waals surface area (Å²) in [5.41, 5.74) is 1.02. The van der Waals surface area contributed by atoms with E-state index in [2.05, 4.69) is 30.2 Å². The maximum absolute atomic E-state index is 4.54. The smallest absolute Gasteiger partial charge is 0.230 e. The predicted molar refractivity (Wildman–Crippen MR) is 89.9 cm³/mol. The normalized spacial score (nSPS) is 10.5. The fourth-order valence-electron chi connectivity index (χ4n) is 2.31. The van der Waals surface area contributed by atoms with Crippen molar-refractivity contribution in [1.82, 2.24) is 29.5 Å². The molecule has 116 valence electrons. The fraction of sp³-hybridized carbons (Fsp3) is 0. The molecular formula is C17H13N7. The van der Waals surface area contributed by atoms with E-state index in [9.17, 15) is 0 Å². The van der Waals surface area contributed by atoms with Crippen molar-refractivity contribution in [2.24, 2.45) is 0 Å². The first-order valence-corrected chi connectivity index (χ1v) is 7.35. The number of hydrogen-bond acceptors (Lipinski definition) is 6. The van der Waals surface area contributed by atoms with Crippen molar-refractivity contribution >= 4 is 11.8 Å². The second-order valence-electron chi connectivity index (χ2n) is 4.94. The first-order valence-electron chi connectivity index (χ1n) is 7.35. The summed E-state index contributed by atoms with van der Waals surface area (Å²) in [6.07, 6.45) is 8.44. The second-order valence-corrected chi connectivity index (χ2v) is 4.94. The molecule has 0 fully saturated rings. The van der Waals surface area contributed by atoms with Crippen LogP contribution in [0, 0.1) is 0 Å². The average Bonchev–Trinajstić information content (AvgIpc) is 3.13. The number of imidazole rings is 1. The maximum Gasteiger partial charge on any atom is 0.230 e. The van der Waals surface area contributed by atoms with Crippen molar-refractivity contribution in [3.63, 3.8) is 0 Å². The van der Waals surface area contributed by atoms with Gasteiger partial charge in [-0.2, -0.15) is 4.98 Å². The van der Waals surface area contributed by atoms with Crippen LogP contribution < -0.4 is 5.32 Å². The lowest BCUT2D eigenvalue weighted by molar-refractivity contribution is 0.981. The highest BCUT2D eigenvalue weighted by Crippen LogP contribution is 2.20. The average molecular weight is 315 g/mol. The van der Waals surface area contributed by atoms with Crippen LogP contribution >= 0.6 is 0 Å². The van der Waals surface area contributed by atoms with Crippen molar-refractivity contribution in [2.45, 2.75) is 0 Å². The minimum Gasteiger partial charge on any atom is -0.309 e. The third-order valence-electron chi connectivity index (χ3n) is 3.38. The largest absolute Gasteiger partial charge is 0.309 e. The highest BCUT2D eigenvalue weighted by molar-refractivity contribution is 5.58. The molecule has 0 saturated heterocycles. The van der Waals surface area contributed by atoms with Gasteiger partial charge in [-0.15, -0.1) is 0 Å². The Morgan fingerprint density at radius 1 is 0.833 bits per heavy atom. The summed E-state index contributed by atoms with van der Waals surface area (Å²) in [6.45, 7) is 0. The van der Waals surface area contributed by atoms with Crippen molar-refractivity contribution < 1.29 is 0 Å². The molecule has 0 atom stereocenters. The standard InChI is InChI=1S/C17H13N7/c1-2-4-13(5-3-1)16-19-10-11-24(16)15-7-9-20-17(23-15)22-14-6-8-18-12-21-14/h1-12H,(H,18,20,21,22,23). The van der Waals surface area contributed by atoms with E-state index in [-0.39, 0.29) is 0 Å². The first-order chi connectivity index (χ1) is 11.9. The number of aromatic nitrogens is 6.